The molecule has 0 radical (unpaired) electrons. The summed E-state index contributed by atoms with van der Waals surface area (Å²) in [5.74, 6) is 0.777. The van der Waals surface area contributed by atoms with Crippen LogP contribution in [0.25, 0.3) is 0 Å². The lowest BCUT2D eigenvalue weighted by Gasteiger charge is -2.20. The summed E-state index contributed by atoms with van der Waals surface area (Å²) >= 11 is 1.63. The van der Waals surface area contributed by atoms with E-state index >= 15 is 0 Å². The lowest BCUT2D eigenvalue weighted by atomic mass is 9.88. The van der Waals surface area contributed by atoms with Gasteiger partial charge in [-0.1, -0.05) is 60.7 Å². The van der Waals surface area contributed by atoms with Crippen LogP contribution < -0.4 is 16.4 Å². The average molecular weight is 386 g/mol. The number of primary amides is 1. The van der Waals surface area contributed by atoms with Crippen molar-refractivity contribution in [1.29, 1.82) is 0 Å². The first-order valence-corrected chi connectivity index (χ1v) is 10.4. The second-order valence-corrected chi connectivity index (χ2v) is 7.28. The van der Waals surface area contributed by atoms with Gasteiger partial charge in [0.05, 0.1) is 0 Å². The lowest BCUT2D eigenvalue weighted by molar-refractivity contribution is -0.122. The Hall–Kier alpha value is -2.47. The molecule has 3 amide bonds. The van der Waals surface area contributed by atoms with E-state index in [1.807, 2.05) is 42.7 Å². The minimum atomic E-state index is -0.678. The Balaban J connectivity index is 2.00. The fraction of sp³-hybridized carbons (Fsp3) is 0.333. The number of carbonyl (C=O) groups is 2. The van der Waals surface area contributed by atoms with Gasteiger partial charge in [-0.25, -0.2) is 4.79 Å². The standard InChI is InChI=1S/C21H27N3O2S/c1-27-15-13-19(24-21(22)26)20(25)23-14-12-18(16-8-4-2-5-9-16)17-10-6-3-7-11-17/h2-11,18-19H,12-15H2,1H3,(H,23,25)(H3,22,24,26). The average Bonchev–Trinajstić information content (AvgIpc) is 2.69. The van der Waals surface area contributed by atoms with Crippen LogP contribution in [-0.2, 0) is 4.79 Å². The molecule has 1 atom stereocenters. The lowest BCUT2D eigenvalue weighted by Crippen LogP contribution is -2.49. The van der Waals surface area contributed by atoms with Crippen LogP contribution >= 0.6 is 11.8 Å². The zero-order chi connectivity index (χ0) is 19.5. The molecule has 144 valence electrons. The van der Waals surface area contributed by atoms with E-state index < -0.39 is 12.1 Å². The van der Waals surface area contributed by atoms with Gasteiger partial charge in [0, 0.05) is 12.5 Å². The van der Waals surface area contributed by atoms with Gasteiger partial charge in [-0.3, -0.25) is 4.79 Å². The van der Waals surface area contributed by atoms with E-state index in [0.717, 1.165) is 12.2 Å². The summed E-state index contributed by atoms with van der Waals surface area (Å²) in [4.78, 5) is 23.6. The molecule has 0 aliphatic carbocycles. The van der Waals surface area contributed by atoms with Gasteiger partial charge in [-0.15, -0.1) is 0 Å². The number of thioether (sulfide) groups is 1. The summed E-state index contributed by atoms with van der Waals surface area (Å²) in [6.45, 7) is 0.517. The highest BCUT2D eigenvalue weighted by Crippen LogP contribution is 2.27. The van der Waals surface area contributed by atoms with E-state index in [0.29, 0.717) is 13.0 Å². The molecule has 4 N–H and O–H groups in total. The van der Waals surface area contributed by atoms with Crippen LogP contribution in [-0.4, -0.2) is 36.5 Å². The molecular weight excluding hydrogens is 358 g/mol. The molecule has 6 heteroatoms. The zero-order valence-corrected chi connectivity index (χ0v) is 16.4. The number of benzene rings is 2. The smallest absolute Gasteiger partial charge is 0.312 e. The van der Waals surface area contributed by atoms with Crippen LogP contribution in [0.3, 0.4) is 0 Å². The van der Waals surface area contributed by atoms with Crippen molar-refractivity contribution < 1.29 is 9.59 Å². The Kier molecular flexibility index (Phi) is 8.71. The Bertz CT molecular complexity index is 670. The minimum absolute atomic E-state index is 0.192. The fourth-order valence-electron chi connectivity index (χ4n) is 3.04. The molecule has 0 spiro atoms. The van der Waals surface area contributed by atoms with Gasteiger partial charge in [0.15, 0.2) is 0 Å². The van der Waals surface area contributed by atoms with E-state index in [2.05, 4.69) is 34.9 Å². The highest BCUT2D eigenvalue weighted by Gasteiger charge is 2.20. The van der Waals surface area contributed by atoms with Gasteiger partial charge in [0.25, 0.3) is 0 Å². The van der Waals surface area contributed by atoms with E-state index in [1.54, 1.807) is 11.8 Å². The van der Waals surface area contributed by atoms with E-state index in [4.69, 9.17) is 5.73 Å². The third-order valence-electron chi connectivity index (χ3n) is 4.38. The van der Waals surface area contributed by atoms with Crippen LogP contribution in [0, 0.1) is 0 Å². The second kappa shape index (κ2) is 11.3. The molecule has 0 bridgehead atoms. The Labute approximate surface area is 165 Å². The van der Waals surface area contributed by atoms with Crippen LogP contribution in [0.15, 0.2) is 60.7 Å². The summed E-state index contributed by atoms with van der Waals surface area (Å²) in [5, 5.41) is 5.48. The van der Waals surface area contributed by atoms with Gasteiger partial charge >= 0.3 is 6.03 Å². The summed E-state index contributed by atoms with van der Waals surface area (Å²) in [6.07, 6.45) is 3.28. The van der Waals surface area contributed by atoms with Crippen molar-refractivity contribution in [2.75, 3.05) is 18.6 Å². The molecule has 0 saturated carbocycles. The van der Waals surface area contributed by atoms with Gasteiger partial charge in [0.2, 0.25) is 5.91 Å². The van der Waals surface area contributed by atoms with Crippen molar-refractivity contribution in [3.63, 3.8) is 0 Å². The maximum Gasteiger partial charge on any atom is 0.312 e. The summed E-state index contributed by atoms with van der Waals surface area (Å²) in [7, 11) is 0. The molecule has 5 nitrogen and oxygen atoms in total. The van der Waals surface area contributed by atoms with Crippen molar-refractivity contribution in [2.24, 2.45) is 5.73 Å². The number of nitrogens with two attached hydrogens (primary N) is 1. The Morgan fingerprint density at radius 3 is 2.00 bits per heavy atom. The molecule has 0 fully saturated rings. The quantitative estimate of drug-likeness (QED) is 0.587. The first-order valence-electron chi connectivity index (χ1n) is 9.04. The Morgan fingerprint density at radius 1 is 0.963 bits per heavy atom. The zero-order valence-electron chi connectivity index (χ0n) is 15.6. The maximum absolute atomic E-state index is 12.4. The second-order valence-electron chi connectivity index (χ2n) is 6.30. The number of amides is 3. The number of carbonyl (C=O) groups excluding carboxylic acids is 2. The van der Waals surface area contributed by atoms with Crippen LogP contribution in [0.4, 0.5) is 4.79 Å². The number of rotatable bonds is 10. The molecule has 2 aromatic carbocycles. The van der Waals surface area contributed by atoms with Crippen molar-refractivity contribution in [2.45, 2.75) is 24.8 Å². The monoisotopic (exact) mass is 385 g/mol. The van der Waals surface area contributed by atoms with E-state index in [1.165, 1.54) is 11.1 Å². The molecule has 2 aromatic rings. The first-order chi connectivity index (χ1) is 13.1. The highest BCUT2D eigenvalue weighted by atomic mass is 32.2. The van der Waals surface area contributed by atoms with Crippen LogP contribution in [0.1, 0.15) is 29.9 Å². The number of urea groups is 1. The summed E-state index contributed by atoms with van der Waals surface area (Å²) < 4.78 is 0. The number of hydrogen-bond donors (Lipinski definition) is 3. The Morgan fingerprint density at radius 2 is 1.52 bits per heavy atom. The van der Waals surface area contributed by atoms with Crippen LogP contribution in [0.5, 0.6) is 0 Å². The van der Waals surface area contributed by atoms with Gasteiger partial charge in [0.1, 0.15) is 6.04 Å². The third kappa shape index (κ3) is 6.98. The molecule has 0 heterocycles. The predicted molar refractivity (Wildman–Crippen MR) is 112 cm³/mol. The maximum atomic E-state index is 12.4. The third-order valence-corrected chi connectivity index (χ3v) is 5.02. The topological polar surface area (TPSA) is 84.2 Å². The van der Waals surface area contributed by atoms with Crippen molar-refractivity contribution in [3.8, 4) is 0 Å². The van der Waals surface area contributed by atoms with Gasteiger partial charge in [-0.05, 0) is 36.0 Å². The summed E-state index contributed by atoms with van der Waals surface area (Å²) in [5.41, 5.74) is 7.62. The van der Waals surface area contributed by atoms with E-state index in [-0.39, 0.29) is 11.8 Å². The minimum Gasteiger partial charge on any atom is -0.354 e. The number of nitrogens with one attached hydrogen (secondary N) is 2. The van der Waals surface area contributed by atoms with Crippen LogP contribution in [0.2, 0.25) is 0 Å². The van der Waals surface area contributed by atoms with Crippen molar-refractivity contribution in [3.05, 3.63) is 71.8 Å². The molecule has 1 unspecified atom stereocenters. The van der Waals surface area contributed by atoms with Gasteiger partial charge < -0.3 is 16.4 Å². The molecular formula is C21H27N3O2S. The first kappa shape index (κ1) is 20.8. The van der Waals surface area contributed by atoms with Gasteiger partial charge in [-0.2, -0.15) is 11.8 Å². The molecule has 2 rings (SSSR count). The molecule has 27 heavy (non-hydrogen) atoms. The normalized spacial score (nSPS) is 11.8. The molecule has 0 saturated heterocycles. The number of hydrogen-bond acceptors (Lipinski definition) is 3. The van der Waals surface area contributed by atoms with Crippen molar-refractivity contribution >= 4 is 23.7 Å². The summed E-state index contributed by atoms with van der Waals surface area (Å²) in [6, 6.07) is 19.3. The molecule has 0 aliphatic rings. The predicted octanol–water partition coefficient (Wildman–Crippen LogP) is 3.11. The molecule has 0 aromatic heterocycles. The van der Waals surface area contributed by atoms with E-state index in [9.17, 15) is 9.59 Å². The van der Waals surface area contributed by atoms with Crippen molar-refractivity contribution in [1.82, 2.24) is 10.6 Å². The SMILES string of the molecule is CSCCC(NC(N)=O)C(=O)NCCC(c1ccccc1)c1ccccc1. The largest absolute Gasteiger partial charge is 0.354 e. The molecule has 0 aliphatic heterocycles. The highest BCUT2D eigenvalue weighted by molar-refractivity contribution is 7.98. The fourth-order valence-corrected chi connectivity index (χ4v) is 3.51.